The fourth-order valence-corrected chi connectivity index (χ4v) is 3.59. The van der Waals surface area contributed by atoms with Crippen LogP contribution >= 0.6 is 24.0 Å². The third kappa shape index (κ3) is 6.50. The third-order valence-electron chi connectivity index (χ3n) is 5.00. The van der Waals surface area contributed by atoms with E-state index in [1.807, 2.05) is 0 Å². The molecule has 0 radical (unpaired) electrons. The van der Waals surface area contributed by atoms with Crippen molar-refractivity contribution in [3.05, 3.63) is 29.8 Å². The van der Waals surface area contributed by atoms with Gasteiger partial charge >= 0.3 is 0 Å². The van der Waals surface area contributed by atoms with Gasteiger partial charge in [-0.3, -0.25) is 0 Å². The predicted octanol–water partition coefficient (Wildman–Crippen LogP) is 2.58. The maximum Gasteiger partial charge on any atom is 0.193 e. The average molecular weight is 488 g/mol. The Kier molecular flexibility index (Phi) is 9.64. The van der Waals surface area contributed by atoms with E-state index in [1.54, 1.807) is 0 Å². The molecular weight excluding hydrogens is 455 g/mol. The first-order valence-electron chi connectivity index (χ1n) is 9.75. The molecule has 0 spiro atoms. The second-order valence-corrected chi connectivity index (χ2v) is 7.01. The van der Waals surface area contributed by atoms with Crippen LogP contribution in [0.1, 0.15) is 18.9 Å². The van der Waals surface area contributed by atoms with Crippen LogP contribution in [0.3, 0.4) is 0 Å². The zero-order valence-electron chi connectivity index (χ0n) is 16.5. The Hall–Kier alpha value is -1.06. The minimum Gasteiger partial charge on any atom is -0.381 e. The number of hydrogen-bond donors (Lipinski definition) is 1. The maximum atomic E-state index is 5.51. The number of ether oxygens (including phenoxy) is 2. The lowest BCUT2D eigenvalue weighted by Gasteiger charge is -2.30. The van der Waals surface area contributed by atoms with Gasteiger partial charge in [-0.05, 0) is 25.0 Å². The number of anilines is 1. The molecule has 1 N–H and O–H groups in total. The van der Waals surface area contributed by atoms with Crippen molar-refractivity contribution >= 4 is 35.6 Å². The third-order valence-corrected chi connectivity index (χ3v) is 5.00. The van der Waals surface area contributed by atoms with Crippen molar-refractivity contribution < 1.29 is 9.47 Å². The Labute approximate surface area is 180 Å². The van der Waals surface area contributed by atoms with Gasteiger partial charge in [0.25, 0.3) is 0 Å². The van der Waals surface area contributed by atoms with E-state index >= 15 is 0 Å². The van der Waals surface area contributed by atoms with Gasteiger partial charge in [0.15, 0.2) is 5.96 Å². The minimum atomic E-state index is 0. The number of rotatable bonds is 6. The normalized spacial score (nSPS) is 20.3. The summed E-state index contributed by atoms with van der Waals surface area (Å²) in [5.74, 6) is 1.57. The Morgan fingerprint density at radius 3 is 2.70 bits per heavy atom. The topological polar surface area (TPSA) is 49.3 Å². The van der Waals surface area contributed by atoms with Crippen molar-refractivity contribution in [2.75, 3.05) is 64.6 Å². The van der Waals surface area contributed by atoms with Gasteiger partial charge in [0.2, 0.25) is 0 Å². The first-order chi connectivity index (χ1) is 12.8. The molecule has 3 rings (SSSR count). The second kappa shape index (κ2) is 11.7. The van der Waals surface area contributed by atoms with E-state index in [-0.39, 0.29) is 24.0 Å². The summed E-state index contributed by atoms with van der Waals surface area (Å²) >= 11 is 0. The summed E-state index contributed by atoms with van der Waals surface area (Å²) in [7, 11) is 2.12. The summed E-state index contributed by atoms with van der Waals surface area (Å²) in [5, 5.41) is 3.43. The number of nitrogens with zero attached hydrogens (tertiary/aromatic N) is 3. The highest BCUT2D eigenvalue weighted by Gasteiger charge is 2.19. The highest BCUT2D eigenvalue weighted by molar-refractivity contribution is 14.0. The molecule has 2 aliphatic heterocycles. The van der Waals surface area contributed by atoms with Crippen molar-refractivity contribution in [3.63, 3.8) is 0 Å². The molecule has 6 nitrogen and oxygen atoms in total. The highest BCUT2D eigenvalue weighted by atomic mass is 127. The lowest BCUT2D eigenvalue weighted by molar-refractivity contribution is 0.122. The molecule has 2 fully saturated rings. The molecule has 0 saturated carbocycles. The minimum absolute atomic E-state index is 0. The van der Waals surface area contributed by atoms with Crippen molar-refractivity contribution in [1.29, 1.82) is 0 Å². The van der Waals surface area contributed by atoms with E-state index < -0.39 is 0 Å². The fraction of sp³-hybridized carbons (Fsp3) is 0.650. The average Bonchev–Trinajstić information content (AvgIpc) is 3.19. The Bertz CT molecular complexity index is 587. The van der Waals surface area contributed by atoms with Crippen LogP contribution in [0.2, 0.25) is 0 Å². The number of para-hydroxylation sites is 1. The number of halogens is 1. The molecule has 2 heterocycles. The van der Waals surface area contributed by atoms with Crippen LogP contribution < -0.4 is 10.2 Å². The molecule has 0 amide bonds. The maximum absolute atomic E-state index is 5.51. The first kappa shape index (κ1) is 22.2. The Morgan fingerprint density at radius 2 is 2.00 bits per heavy atom. The molecule has 27 heavy (non-hydrogen) atoms. The van der Waals surface area contributed by atoms with Crippen LogP contribution in [-0.2, 0) is 16.0 Å². The second-order valence-electron chi connectivity index (χ2n) is 7.01. The first-order valence-corrected chi connectivity index (χ1v) is 9.75. The van der Waals surface area contributed by atoms with Crippen molar-refractivity contribution in [2.24, 2.45) is 10.9 Å². The van der Waals surface area contributed by atoms with E-state index in [9.17, 15) is 0 Å². The molecule has 1 atom stereocenters. The molecule has 0 bridgehead atoms. The summed E-state index contributed by atoms with van der Waals surface area (Å²) in [6, 6.07) is 8.59. The zero-order chi connectivity index (χ0) is 18.2. The number of morpholine rings is 1. The summed E-state index contributed by atoms with van der Waals surface area (Å²) in [6.45, 7) is 9.89. The van der Waals surface area contributed by atoms with Gasteiger partial charge in [0.05, 0.1) is 26.4 Å². The van der Waals surface area contributed by atoms with E-state index in [1.165, 1.54) is 11.3 Å². The lowest BCUT2D eigenvalue weighted by Crippen LogP contribution is -2.41. The van der Waals surface area contributed by atoms with Crippen LogP contribution in [0.25, 0.3) is 0 Å². The van der Waals surface area contributed by atoms with Crippen LogP contribution in [-0.4, -0.2) is 70.5 Å². The number of aliphatic imine (C=N–C) groups is 1. The SMILES string of the molecule is CCNC(=NCc1ccccc1N1CCOCC1)N(C)CC1CCOC1.I. The van der Waals surface area contributed by atoms with E-state index in [0.717, 1.165) is 65.0 Å². The van der Waals surface area contributed by atoms with E-state index in [2.05, 4.69) is 53.4 Å². The number of nitrogens with one attached hydrogen (secondary N) is 1. The van der Waals surface area contributed by atoms with Gasteiger partial charge in [-0.1, -0.05) is 18.2 Å². The largest absolute Gasteiger partial charge is 0.381 e. The van der Waals surface area contributed by atoms with Gasteiger partial charge in [0.1, 0.15) is 0 Å². The monoisotopic (exact) mass is 488 g/mol. The molecule has 2 aliphatic rings. The summed E-state index contributed by atoms with van der Waals surface area (Å²) in [6.07, 6.45) is 1.14. The van der Waals surface area contributed by atoms with Gasteiger partial charge in [-0.2, -0.15) is 0 Å². The molecule has 1 unspecified atom stereocenters. The van der Waals surface area contributed by atoms with Crippen molar-refractivity contribution in [2.45, 2.75) is 19.9 Å². The Balaban J connectivity index is 0.00000261. The van der Waals surface area contributed by atoms with E-state index in [0.29, 0.717) is 12.5 Å². The predicted molar refractivity (Wildman–Crippen MR) is 121 cm³/mol. The molecule has 2 saturated heterocycles. The fourth-order valence-electron chi connectivity index (χ4n) is 3.59. The smallest absolute Gasteiger partial charge is 0.193 e. The van der Waals surface area contributed by atoms with Crippen molar-refractivity contribution in [1.82, 2.24) is 10.2 Å². The van der Waals surface area contributed by atoms with E-state index in [4.69, 9.17) is 14.5 Å². The quantitative estimate of drug-likeness (QED) is 0.379. The molecule has 1 aromatic carbocycles. The lowest BCUT2D eigenvalue weighted by atomic mass is 10.1. The molecular formula is C20H33IN4O2. The number of benzene rings is 1. The van der Waals surface area contributed by atoms with Crippen LogP contribution in [0, 0.1) is 5.92 Å². The Morgan fingerprint density at radius 1 is 1.22 bits per heavy atom. The molecule has 0 aliphatic carbocycles. The van der Waals surface area contributed by atoms with Crippen molar-refractivity contribution in [3.8, 4) is 0 Å². The highest BCUT2D eigenvalue weighted by Crippen LogP contribution is 2.22. The number of hydrogen-bond acceptors (Lipinski definition) is 4. The van der Waals surface area contributed by atoms with Gasteiger partial charge in [0, 0.05) is 51.4 Å². The van der Waals surface area contributed by atoms with Gasteiger partial charge in [-0.15, -0.1) is 24.0 Å². The molecule has 1 aromatic rings. The summed E-state index contributed by atoms with van der Waals surface area (Å²) < 4.78 is 11.0. The van der Waals surface area contributed by atoms with Crippen LogP contribution in [0.15, 0.2) is 29.3 Å². The summed E-state index contributed by atoms with van der Waals surface area (Å²) in [5.41, 5.74) is 2.55. The van der Waals surface area contributed by atoms with Crippen LogP contribution in [0.5, 0.6) is 0 Å². The van der Waals surface area contributed by atoms with Gasteiger partial charge in [-0.25, -0.2) is 4.99 Å². The molecule has 0 aromatic heterocycles. The van der Waals surface area contributed by atoms with Crippen LogP contribution in [0.4, 0.5) is 5.69 Å². The number of guanidine groups is 1. The van der Waals surface area contributed by atoms with Gasteiger partial charge < -0.3 is 24.6 Å². The zero-order valence-corrected chi connectivity index (χ0v) is 18.9. The molecule has 7 heteroatoms. The molecule has 152 valence electrons. The summed E-state index contributed by atoms with van der Waals surface area (Å²) in [4.78, 5) is 9.55. The standard InChI is InChI=1S/C20H32N4O2.HI/c1-3-21-20(23(2)15-17-8-11-26-16-17)22-14-18-6-4-5-7-19(18)24-9-12-25-13-10-24;/h4-7,17H,3,8-16H2,1-2H3,(H,21,22);1H.